The van der Waals surface area contributed by atoms with Gasteiger partial charge in [-0.25, -0.2) is 0 Å². The third-order valence-corrected chi connectivity index (χ3v) is 5.55. The number of hydrogen-bond donors (Lipinski definition) is 5. The van der Waals surface area contributed by atoms with Crippen LogP contribution in [0, 0.1) is 0 Å². The average molecular weight is 476 g/mol. The van der Waals surface area contributed by atoms with Crippen LogP contribution in [0.15, 0.2) is 45.6 Å². The van der Waals surface area contributed by atoms with Crippen LogP contribution in [0.1, 0.15) is 0 Å². The quantitative estimate of drug-likeness (QED) is 0.333. The Kier molecular flexibility index (Phi) is 6.64. The topological polar surface area (TPSA) is 168 Å². The van der Waals surface area contributed by atoms with Gasteiger partial charge >= 0.3 is 0 Å². The molecular formula is C23H24O11. The van der Waals surface area contributed by atoms with Crippen molar-refractivity contribution in [1.29, 1.82) is 0 Å². The van der Waals surface area contributed by atoms with E-state index in [0.717, 1.165) is 0 Å². The maximum absolute atomic E-state index is 13.4. The van der Waals surface area contributed by atoms with Crippen LogP contribution in [0.25, 0.3) is 22.3 Å². The van der Waals surface area contributed by atoms with E-state index in [4.69, 9.17) is 23.4 Å². The largest absolute Gasteiger partial charge is 0.508 e. The molecule has 0 amide bonds. The zero-order chi connectivity index (χ0) is 24.6. The van der Waals surface area contributed by atoms with Gasteiger partial charge in [-0.15, -0.1) is 0 Å². The van der Waals surface area contributed by atoms with Gasteiger partial charge in [0, 0.05) is 17.7 Å². The second-order valence-corrected chi connectivity index (χ2v) is 7.65. The number of aliphatic hydroxyl groups excluding tert-OH is 4. The number of hydrogen-bond acceptors (Lipinski definition) is 11. The number of rotatable bonds is 6. The molecule has 2 heterocycles. The Morgan fingerprint density at radius 3 is 2.29 bits per heavy atom. The monoisotopic (exact) mass is 476 g/mol. The minimum atomic E-state index is -1.69. The molecule has 1 aromatic heterocycles. The minimum Gasteiger partial charge on any atom is -0.508 e. The van der Waals surface area contributed by atoms with E-state index in [-0.39, 0.29) is 39.7 Å². The van der Waals surface area contributed by atoms with E-state index in [1.807, 2.05) is 0 Å². The maximum atomic E-state index is 13.4. The number of aliphatic hydroxyl groups is 4. The third kappa shape index (κ3) is 4.15. The van der Waals surface area contributed by atoms with Gasteiger partial charge in [-0.05, 0) is 24.3 Å². The first-order chi connectivity index (χ1) is 16.3. The van der Waals surface area contributed by atoms with Crippen molar-refractivity contribution in [2.75, 3.05) is 20.8 Å². The molecule has 182 valence electrons. The predicted molar refractivity (Wildman–Crippen MR) is 117 cm³/mol. The van der Waals surface area contributed by atoms with Crippen molar-refractivity contribution in [3.8, 4) is 34.3 Å². The Labute approximate surface area is 192 Å². The van der Waals surface area contributed by atoms with Crippen molar-refractivity contribution >= 4 is 11.0 Å². The molecule has 5 N–H and O–H groups in total. The highest BCUT2D eigenvalue weighted by Gasteiger charge is 2.45. The van der Waals surface area contributed by atoms with Gasteiger partial charge in [0.25, 0.3) is 0 Å². The van der Waals surface area contributed by atoms with Gasteiger partial charge in [0.1, 0.15) is 52.6 Å². The molecule has 3 aromatic rings. The third-order valence-electron chi connectivity index (χ3n) is 5.55. The molecule has 0 saturated carbocycles. The normalized spacial score (nSPS) is 24.7. The molecule has 4 rings (SSSR count). The van der Waals surface area contributed by atoms with E-state index in [0.29, 0.717) is 5.56 Å². The van der Waals surface area contributed by atoms with Gasteiger partial charge in [-0.2, -0.15) is 0 Å². The first-order valence-electron chi connectivity index (χ1n) is 10.3. The summed E-state index contributed by atoms with van der Waals surface area (Å²) in [7, 11) is 2.69. The maximum Gasteiger partial charge on any atom is 0.239 e. The van der Waals surface area contributed by atoms with Crippen LogP contribution < -0.4 is 19.6 Å². The van der Waals surface area contributed by atoms with Crippen LogP contribution in [0.4, 0.5) is 0 Å². The molecule has 1 saturated heterocycles. The standard InChI is InChI=1S/C23H24O11/c1-30-12-7-13-16(14(8-12)33-23-20(29)19(28)17(26)15(9-24)34-23)18(27)22(31-2)21(32-13)10-3-5-11(25)6-4-10/h3-8,15,17,19-20,23-26,28-29H,9H2,1-2H3/t15-,17-,19+,20-,23-/m1/s1. The van der Waals surface area contributed by atoms with E-state index in [1.165, 1.54) is 38.5 Å². The second kappa shape index (κ2) is 9.49. The Hall–Kier alpha value is -3.35. The summed E-state index contributed by atoms with van der Waals surface area (Å²) in [6.45, 7) is -0.643. The summed E-state index contributed by atoms with van der Waals surface area (Å²) in [5.41, 5.74) is -0.0743. The lowest BCUT2D eigenvalue weighted by atomic mass is 9.99. The summed E-state index contributed by atoms with van der Waals surface area (Å²) in [4.78, 5) is 13.4. The van der Waals surface area contributed by atoms with Crippen molar-refractivity contribution in [2.45, 2.75) is 30.7 Å². The Morgan fingerprint density at radius 1 is 0.971 bits per heavy atom. The zero-order valence-electron chi connectivity index (χ0n) is 18.2. The number of phenols is 1. The number of ether oxygens (including phenoxy) is 4. The fourth-order valence-electron chi connectivity index (χ4n) is 3.73. The highest BCUT2D eigenvalue weighted by Crippen LogP contribution is 2.37. The molecule has 1 aliphatic heterocycles. The van der Waals surface area contributed by atoms with Crippen molar-refractivity contribution in [2.24, 2.45) is 0 Å². The Bertz CT molecular complexity index is 1220. The molecule has 1 aliphatic rings. The van der Waals surface area contributed by atoms with Gasteiger partial charge in [-0.1, -0.05) is 0 Å². The second-order valence-electron chi connectivity index (χ2n) is 7.65. The lowest BCUT2D eigenvalue weighted by Crippen LogP contribution is -2.60. The van der Waals surface area contributed by atoms with Crippen molar-refractivity contribution in [1.82, 2.24) is 0 Å². The summed E-state index contributed by atoms with van der Waals surface area (Å²) in [5, 5.41) is 49.3. The first-order valence-corrected chi connectivity index (χ1v) is 10.3. The smallest absolute Gasteiger partial charge is 0.239 e. The number of fused-ring (bicyclic) bond motifs is 1. The molecule has 2 aromatic carbocycles. The lowest BCUT2D eigenvalue weighted by molar-refractivity contribution is -0.277. The Morgan fingerprint density at radius 2 is 1.68 bits per heavy atom. The molecule has 11 heteroatoms. The molecule has 1 fully saturated rings. The highest BCUT2D eigenvalue weighted by molar-refractivity contribution is 5.88. The molecule has 0 unspecified atom stereocenters. The summed E-state index contributed by atoms with van der Waals surface area (Å²) < 4.78 is 27.7. The van der Waals surface area contributed by atoms with E-state index in [2.05, 4.69) is 0 Å². The molecule has 5 atom stereocenters. The first kappa shape index (κ1) is 23.8. The van der Waals surface area contributed by atoms with E-state index in [1.54, 1.807) is 12.1 Å². The van der Waals surface area contributed by atoms with Gasteiger partial charge in [-0.3, -0.25) is 4.79 Å². The number of aromatic hydroxyl groups is 1. The number of phenolic OH excluding ortho intramolecular Hbond substituents is 1. The molecule has 0 bridgehead atoms. The molecule has 0 radical (unpaired) electrons. The summed E-state index contributed by atoms with van der Waals surface area (Å²) in [6, 6.07) is 8.78. The van der Waals surface area contributed by atoms with Crippen molar-refractivity contribution < 1.29 is 48.9 Å². The van der Waals surface area contributed by atoms with Crippen LogP contribution in [-0.4, -0.2) is 77.1 Å². The van der Waals surface area contributed by atoms with Crippen LogP contribution in [-0.2, 0) is 4.74 Å². The van der Waals surface area contributed by atoms with Gasteiger partial charge < -0.3 is 48.9 Å². The van der Waals surface area contributed by atoms with Crippen LogP contribution in [0.5, 0.6) is 23.0 Å². The molecule has 0 aliphatic carbocycles. The molecule has 11 nitrogen and oxygen atoms in total. The lowest BCUT2D eigenvalue weighted by Gasteiger charge is -2.39. The van der Waals surface area contributed by atoms with Crippen LogP contribution in [0.2, 0.25) is 0 Å². The number of methoxy groups -OCH3 is 2. The van der Waals surface area contributed by atoms with Crippen LogP contribution in [0.3, 0.4) is 0 Å². The van der Waals surface area contributed by atoms with E-state index >= 15 is 0 Å². The minimum absolute atomic E-state index is 0.0303. The van der Waals surface area contributed by atoms with Gasteiger partial charge in [0.05, 0.1) is 20.8 Å². The highest BCUT2D eigenvalue weighted by atomic mass is 16.7. The van der Waals surface area contributed by atoms with E-state index in [9.17, 15) is 30.3 Å². The Balaban J connectivity index is 1.86. The summed E-state index contributed by atoms with van der Waals surface area (Å²) in [5.74, 6) is 0.136. The SMILES string of the molecule is COc1cc(O[C@@H]2O[C@H](CO)[C@@H](O)[C@H](O)[C@H]2O)c2c(=O)c(OC)c(-c3ccc(O)cc3)oc2c1. The predicted octanol–water partition coefficient (Wildman–Crippen LogP) is 0.361. The van der Waals surface area contributed by atoms with Gasteiger partial charge in [0.2, 0.25) is 17.5 Å². The van der Waals surface area contributed by atoms with Gasteiger partial charge in [0.15, 0.2) is 5.76 Å². The summed E-state index contributed by atoms with van der Waals surface area (Å²) >= 11 is 0. The average Bonchev–Trinajstić information content (AvgIpc) is 2.84. The molecule has 0 spiro atoms. The van der Waals surface area contributed by atoms with Crippen LogP contribution >= 0.6 is 0 Å². The summed E-state index contributed by atoms with van der Waals surface area (Å²) in [6.07, 6.45) is -7.66. The molecular weight excluding hydrogens is 452 g/mol. The fourth-order valence-corrected chi connectivity index (χ4v) is 3.73. The number of benzene rings is 2. The fraction of sp³-hybridized carbons (Fsp3) is 0.348. The zero-order valence-corrected chi connectivity index (χ0v) is 18.2. The van der Waals surface area contributed by atoms with Crippen molar-refractivity contribution in [3.05, 3.63) is 46.6 Å². The van der Waals surface area contributed by atoms with E-state index < -0.39 is 42.7 Å². The van der Waals surface area contributed by atoms with Crippen molar-refractivity contribution in [3.63, 3.8) is 0 Å². The molecule has 34 heavy (non-hydrogen) atoms.